The number of ether oxygens (including phenoxy) is 4. The summed E-state index contributed by atoms with van der Waals surface area (Å²) >= 11 is 0. The van der Waals surface area contributed by atoms with Gasteiger partial charge in [-0.1, -0.05) is 26.8 Å². The van der Waals surface area contributed by atoms with E-state index in [-0.39, 0.29) is 16.2 Å². The van der Waals surface area contributed by atoms with Gasteiger partial charge in [0.2, 0.25) is 11.5 Å². The maximum atomic E-state index is 13.2. The number of methoxy groups -OCH3 is 4. The number of nitrogens with zero attached hydrogens (tertiary/aromatic N) is 1. The molecule has 2 rings (SSSR count). The van der Waals surface area contributed by atoms with Crippen molar-refractivity contribution in [2.24, 2.45) is 0 Å². The van der Waals surface area contributed by atoms with Crippen LogP contribution < -0.4 is 23.4 Å². The van der Waals surface area contributed by atoms with Gasteiger partial charge >= 0.3 is 0 Å². The van der Waals surface area contributed by atoms with Crippen LogP contribution in [0.3, 0.4) is 0 Å². The van der Waals surface area contributed by atoms with Crippen molar-refractivity contribution in [3.05, 3.63) is 47.0 Å². The summed E-state index contributed by atoms with van der Waals surface area (Å²) in [5.41, 5.74) is 0.845. The second-order valence-corrected chi connectivity index (χ2v) is 13.9. The molecule has 7 nitrogen and oxygen atoms in total. The van der Waals surface area contributed by atoms with E-state index in [1.165, 1.54) is 39.5 Å². The van der Waals surface area contributed by atoms with Crippen LogP contribution in [0.25, 0.3) is 6.08 Å². The van der Waals surface area contributed by atoms with Crippen molar-refractivity contribution in [1.82, 2.24) is 0 Å². The van der Waals surface area contributed by atoms with Crippen LogP contribution in [0, 0.1) is 11.3 Å². The number of Topliss-reactive ketones (excluding diaryl/α,β-unsaturated/α-hetero) is 1. The topological polar surface area (TPSA) is 87.0 Å². The molecule has 34 heavy (non-hydrogen) atoms. The predicted octanol–water partition coefficient (Wildman–Crippen LogP) is 5.89. The van der Waals surface area contributed by atoms with E-state index in [1.54, 1.807) is 25.3 Å². The summed E-state index contributed by atoms with van der Waals surface area (Å²) in [5, 5.41) is 9.75. The summed E-state index contributed by atoms with van der Waals surface area (Å²) < 4.78 is 27.9. The minimum absolute atomic E-state index is 0.00981. The Morgan fingerprint density at radius 1 is 0.882 bits per heavy atom. The van der Waals surface area contributed by atoms with Gasteiger partial charge in [-0.05, 0) is 54.0 Å². The molecule has 182 valence electrons. The van der Waals surface area contributed by atoms with E-state index in [0.29, 0.717) is 34.3 Å². The van der Waals surface area contributed by atoms with Crippen molar-refractivity contribution >= 4 is 20.2 Å². The Balaban J connectivity index is 2.52. The largest absolute Gasteiger partial charge is 0.541 e. The molecule has 0 atom stereocenters. The Labute approximate surface area is 203 Å². The van der Waals surface area contributed by atoms with Gasteiger partial charge in [-0.25, -0.2) is 0 Å². The van der Waals surface area contributed by atoms with Gasteiger partial charge < -0.3 is 23.4 Å². The molecule has 8 heteroatoms. The van der Waals surface area contributed by atoms with Crippen molar-refractivity contribution in [3.8, 4) is 34.8 Å². The normalized spacial score (nSPS) is 11.9. The average molecular weight is 484 g/mol. The van der Waals surface area contributed by atoms with E-state index in [2.05, 4.69) is 33.9 Å². The molecule has 0 aliphatic heterocycles. The van der Waals surface area contributed by atoms with Crippen LogP contribution in [0.1, 0.15) is 36.7 Å². The number of allylic oxidation sites excluding steroid dienone is 1. The number of hydrogen-bond acceptors (Lipinski definition) is 7. The molecule has 0 aromatic heterocycles. The van der Waals surface area contributed by atoms with E-state index in [4.69, 9.17) is 23.4 Å². The highest BCUT2D eigenvalue weighted by molar-refractivity contribution is 6.74. The van der Waals surface area contributed by atoms with Crippen molar-refractivity contribution in [2.75, 3.05) is 28.4 Å². The second-order valence-electron chi connectivity index (χ2n) is 9.19. The first kappa shape index (κ1) is 26.8. The Hall–Kier alpha value is -3.44. The van der Waals surface area contributed by atoms with Gasteiger partial charge in [-0.2, -0.15) is 5.26 Å². The number of rotatable bonds is 9. The minimum Gasteiger partial charge on any atom is -0.541 e. The van der Waals surface area contributed by atoms with E-state index in [9.17, 15) is 10.1 Å². The van der Waals surface area contributed by atoms with Crippen molar-refractivity contribution in [2.45, 2.75) is 38.9 Å². The predicted molar refractivity (Wildman–Crippen MR) is 135 cm³/mol. The lowest BCUT2D eigenvalue weighted by Gasteiger charge is -2.36. The first-order valence-corrected chi connectivity index (χ1v) is 13.7. The van der Waals surface area contributed by atoms with Crippen molar-refractivity contribution < 1.29 is 28.2 Å². The molecular formula is C26H33NO6Si. The summed E-state index contributed by atoms with van der Waals surface area (Å²) in [6.07, 6.45) is 1.53. The van der Waals surface area contributed by atoms with Gasteiger partial charge in [0.15, 0.2) is 17.2 Å². The average Bonchev–Trinajstić information content (AvgIpc) is 2.80. The van der Waals surface area contributed by atoms with E-state index in [0.717, 1.165) is 0 Å². The maximum absolute atomic E-state index is 13.2. The molecule has 0 bridgehead atoms. The summed E-state index contributed by atoms with van der Waals surface area (Å²) in [6.45, 7) is 10.7. The number of carbonyl (C=O) groups excluding carboxylic acids is 1. The number of benzene rings is 2. The monoisotopic (exact) mass is 483 g/mol. The Bertz CT molecular complexity index is 1100. The lowest BCUT2D eigenvalue weighted by atomic mass is 10.0. The summed E-state index contributed by atoms with van der Waals surface area (Å²) in [7, 11) is 3.85. The van der Waals surface area contributed by atoms with Crippen molar-refractivity contribution in [1.29, 1.82) is 5.26 Å². The number of nitriles is 1. The Morgan fingerprint density at radius 3 is 1.88 bits per heavy atom. The molecule has 0 radical (unpaired) electrons. The summed E-state index contributed by atoms with van der Waals surface area (Å²) in [5.74, 6) is 1.74. The molecule has 2 aromatic carbocycles. The second kappa shape index (κ2) is 10.7. The molecule has 2 aromatic rings. The van der Waals surface area contributed by atoms with Crippen LogP contribution in [-0.2, 0) is 0 Å². The zero-order valence-electron chi connectivity index (χ0n) is 21.4. The van der Waals surface area contributed by atoms with Crippen molar-refractivity contribution in [3.63, 3.8) is 0 Å². The van der Waals surface area contributed by atoms with E-state index >= 15 is 0 Å². The summed E-state index contributed by atoms with van der Waals surface area (Å²) in [4.78, 5) is 13.2. The lowest BCUT2D eigenvalue weighted by molar-refractivity contribution is 0.103. The molecule has 0 heterocycles. The zero-order valence-corrected chi connectivity index (χ0v) is 22.4. The van der Waals surface area contributed by atoms with Crippen LogP contribution >= 0.6 is 0 Å². The standard InChI is InChI=1S/C26H33NO6Si/c1-26(2,3)34(8,9)33-21-13-17(10-11-20(21)29-4)12-19(16-27)24(28)18-14-22(30-5)25(32-7)23(15-18)31-6/h10-15H,1-9H3/b19-12+. The lowest BCUT2D eigenvalue weighted by Crippen LogP contribution is -2.43. The Morgan fingerprint density at radius 2 is 1.44 bits per heavy atom. The molecule has 0 unspecified atom stereocenters. The fourth-order valence-electron chi connectivity index (χ4n) is 2.97. The first-order valence-electron chi connectivity index (χ1n) is 10.8. The molecule has 0 amide bonds. The van der Waals surface area contributed by atoms with Crippen LogP contribution in [0.15, 0.2) is 35.9 Å². The minimum atomic E-state index is -2.14. The first-order chi connectivity index (χ1) is 15.9. The van der Waals surface area contributed by atoms with Gasteiger partial charge in [0.1, 0.15) is 17.4 Å². The van der Waals surface area contributed by atoms with Gasteiger partial charge in [0.05, 0.1) is 28.4 Å². The van der Waals surface area contributed by atoms with Crippen LogP contribution in [0.4, 0.5) is 0 Å². The highest BCUT2D eigenvalue weighted by Crippen LogP contribution is 2.41. The Kier molecular flexibility index (Phi) is 8.40. The van der Waals surface area contributed by atoms with Crippen LogP contribution in [-0.4, -0.2) is 42.5 Å². The highest BCUT2D eigenvalue weighted by Gasteiger charge is 2.39. The SMILES string of the molecule is COc1ccc(/C=C(\C#N)C(=O)c2cc(OC)c(OC)c(OC)c2)cc1O[Si](C)(C)C(C)(C)C. The van der Waals surface area contributed by atoms with E-state index in [1.807, 2.05) is 6.07 Å². The van der Waals surface area contributed by atoms with Gasteiger partial charge in [0.25, 0.3) is 8.32 Å². The molecule has 0 aliphatic carbocycles. The molecule has 0 aliphatic rings. The molecule has 0 fully saturated rings. The third-order valence-electron chi connectivity index (χ3n) is 5.96. The molecule has 0 N–H and O–H groups in total. The zero-order chi connectivity index (χ0) is 25.7. The molecule has 0 saturated carbocycles. The number of hydrogen-bond donors (Lipinski definition) is 0. The number of ketones is 1. The fourth-order valence-corrected chi connectivity index (χ4v) is 3.99. The van der Waals surface area contributed by atoms with Gasteiger partial charge in [-0.3, -0.25) is 4.79 Å². The highest BCUT2D eigenvalue weighted by atomic mass is 28.4. The van der Waals surface area contributed by atoms with Gasteiger partial charge in [0, 0.05) is 5.56 Å². The van der Waals surface area contributed by atoms with Gasteiger partial charge in [-0.15, -0.1) is 0 Å². The number of carbonyl (C=O) groups is 1. The van der Waals surface area contributed by atoms with E-state index < -0.39 is 14.1 Å². The third kappa shape index (κ3) is 5.72. The smallest absolute Gasteiger partial charge is 0.250 e. The molecular weight excluding hydrogens is 450 g/mol. The molecule has 0 saturated heterocycles. The summed E-state index contributed by atoms with van der Waals surface area (Å²) in [6, 6.07) is 10.4. The quantitative estimate of drug-likeness (QED) is 0.190. The van der Waals surface area contributed by atoms with Crippen LogP contribution in [0.5, 0.6) is 28.7 Å². The third-order valence-corrected chi connectivity index (χ3v) is 10.3. The fraction of sp³-hybridized carbons (Fsp3) is 0.385. The van der Waals surface area contributed by atoms with Crippen LogP contribution in [0.2, 0.25) is 18.1 Å². The maximum Gasteiger partial charge on any atom is 0.250 e. The molecule has 0 spiro atoms.